The van der Waals surface area contributed by atoms with E-state index < -0.39 is 17.5 Å². The fourth-order valence-corrected chi connectivity index (χ4v) is 5.02. The van der Waals surface area contributed by atoms with Crippen molar-refractivity contribution < 1.29 is 19.2 Å². The summed E-state index contributed by atoms with van der Waals surface area (Å²) in [6.45, 7) is 10.9. The van der Waals surface area contributed by atoms with E-state index in [1.165, 1.54) is 12.5 Å². The first-order valence-electron chi connectivity index (χ1n) is 12.6. The van der Waals surface area contributed by atoms with Gasteiger partial charge >= 0.3 is 0 Å². The lowest BCUT2D eigenvalue weighted by atomic mass is 9.85. The van der Waals surface area contributed by atoms with Crippen LogP contribution >= 0.6 is 0 Å². The zero-order chi connectivity index (χ0) is 25.9. The Morgan fingerprint density at radius 3 is 2.37 bits per heavy atom. The molecule has 3 N–H and O–H groups in total. The number of fused-ring (bicyclic) bond motifs is 1. The zero-order valence-corrected chi connectivity index (χ0v) is 21.8. The molecule has 1 saturated heterocycles. The monoisotopic (exact) mass is 484 g/mol. The maximum Gasteiger partial charge on any atom is 0.246 e. The van der Waals surface area contributed by atoms with Gasteiger partial charge in [0.15, 0.2) is 0 Å². The number of amides is 4. The van der Waals surface area contributed by atoms with Gasteiger partial charge in [0.05, 0.1) is 6.04 Å². The zero-order valence-electron chi connectivity index (χ0n) is 21.8. The molecule has 1 aliphatic heterocycles. The third-order valence-corrected chi connectivity index (χ3v) is 6.90. The summed E-state index contributed by atoms with van der Waals surface area (Å²) in [7, 11) is 0. The Bertz CT molecular complexity index is 968. The number of carbonyl (C=O) groups excluding carboxylic acids is 4. The molecule has 4 atom stereocenters. The number of aryl methyl sites for hydroxylation is 1. The van der Waals surface area contributed by atoms with Crippen LogP contribution in [-0.2, 0) is 25.6 Å². The van der Waals surface area contributed by atoms with Gasteiger partial charge in [0.1, 0.15) is 12.1 Å². The average Bonchev–Trinajstić information content (AvgIpc) is 3.19. The van der Waals surface area contributed by atoms with Crippen LogP contribution in [0.25, 0.3) is 0 Å². The molecule has 192 valence electrons. The molecule has 3 rings (SSSR count). The first kappa shape index (κ1) is 26.7. The van der Waals surface area contributed by atoms with Gasteiger partial charge in [-0.3, -0.25) is 19.2 Å². The number of likely N-dealkylation sites (tertiary alicyclic amines) is 1. The maximum atomic E-state index is 13.8. The molecule has 1 unspecified atom stereocenters. The Morgan fingerprint density at radius 2 is 1.74 bits per heavy atom. The Hall–Kier alpha value is -2.90. The van der Waals surface area contributed by atoms with E-state index in [0.29, 0.717) is 6.42 Å². The molecule has 0 saturated carbocycles. The summed E-state index contributed by atoms with van der Waals surface area (Å²) < 4.78 is 0. The van der Waals surface area contributed by atoms with E-state index >= 15 is 0 Å². The third-order valence-electron chi connectivity index (χ3n) is 6.90. The van der Waals surface area contributed by atoms with Crippen molar-refractivity contribution in [2.45, 2.75) is 91.4 Å². The lowest BCUT2D eigenvalue weighted by Gasteiger charge is -2.36. The van der Waals surface area contributed by atoms with E-state index in [4.69, 9.17) is 0 Å². The van der Waals surface area contributed by atoms with Gasteiger partial charge in [-0.2, -0.15) is 0 Å². The van der Waals surface area contributed by atoms with Gasteiger partial charge in [-0.25, -0.2) is 0 Å². The van der Waals surface area contributed by atoms with Crippen molar-refractivity contribution in [3.8, 4) is 0 Å². The highest BCUT2D eigenvalue weighted by Gasteiger charge is 2.45. The van der Waals surface area contributed by atoms with Crippen molar-refractivity contribution in [2.75, 3.05) is 6.54 Å². The molecule has 1 aliphatic carbocycles. The Balaban J connectivity index is 1.85. The van der Waals surface area contributed by atoms with Crippen LogP contribution in [0.5, 0.6) is 0 Å². The SMILES string of the molecule is CC(=O)N[C@H]1CC(C(=O)N[C@@H]2CCCc3ccccc32)N(C(=O)[C@@H](NC(=O)C(C)C)C(C)(C)C)C1. The van der Waals surface area contributed by atoms with Gasteiger partial charge in [-0.05, 0) is 42.2 Å². The van der Waals surface area contributed by atoms with Crippen molar-refractivity contribution in [3.63, 3.8) is 0 Å². The minimum absolute atomic E-state index is 0.108. The molecule has 0 bridgehead atoms. The molecule has 8 heteroatoms. The molecule has 1 aromatic rings. The molecule has 0 spiro atoms. The van der Waals surface area contributed by atoms with Crippen molar-refractivity contribution in [1.82, 2.24) is 20.9 Å². The second-order valence-electron chi connectivity index (χ2n) is 11.3. The molecular formula is C27H40N4O4. The number of nitrogens with one attached hydrogen (secondary N) is 3. The molecule has 8 nitrogen and oxygen atoms in total. The number of benzene rings is 1. The van der Waals surface area contributed by atoms with Crippen LogP contribution in [0.3, 0.4) is 0 Å². The van der Waals surface area contributed by atoms with E-state index in [1.54, 1.807) is 18.7 Å². The minimum Gasteiger partial charge on any atom is -0.352 e. The quantitative estimate of drug-likeness (QED) is 0.577. The van der Waals surface area contributed by atoms with Crippen LogP contribution in [-0.4, -0.2) is 53.2 Å². The summed E-state index contributed by atoms with van der Waals surface area (Å²) in [5.41, 5.74) is 1.80. The van der Waals surface area contributed by atoms with E-state index in [2.05, 4.69) is 22.0 Å². The van der Waals surface area contributed by atoms with Crippen molar-refractivity contribution in [1.29, 1.82) is 0 Å². The van der Waals surface area contributed by atoms with Crippen LogP contribution in [0.15, 0.2) is 24.3 Å². The Morgan fingerprint density at radius 1 is 1.06 bits per heavy atom. The Labute approximate surface area is 208 Å². The fraction of sp³-hybridized carbons (Fsp3) is 0.630. The second-order valence-corrected chi connectivity index (χ2v) is 11.3. The van der Waals surface area contributed by atoms with Crippen molar-refractivity contribution >= 4 is 23.6 Å². The third kappa shape index (κ3) is 6.41. The number of carbonyl (C=O) groups is 4. The van der Waals surface area contributed by atoms with Gasteiger partial charge in [-0.1, -0.05) is 58.9 Å². The minimum atomic E-state index is -0.792. The highest BCUT2D eigenvalue weighted by molar-refractivity contribution is 5.93. The topological polar surface area (TPSA) is 108 Å². The van der Waals surface area contributed by atoms with Crippen LogP contribution in [0.4, 0.5) is 0 Å². The van der Waals surface area contributed by atoms with Gasteiger partial charge in [-0.15, -0.1) is 0 Å². The summed E-state index contributed by atoms with van der Waals surface area (Å²) in [4.78, 5) is 53.2. The summed E-state index contributed by atoms with van der Waals surface area (Å²) in [6, 6.07) is 6.18. The van der Waals surface area contributed by atoms with Crippen LogP contribution < -0.4 is 16.0 Å². The molecule has 2 aliphatic rings. The van der Waals surface area contributed by atoms with Gasteiger partial charge in [0.25, 0.3) is 0 Å². The number of nitrogens with zero attached hydrogens (tertiary/aromatic N) is 1. The highest BCUT2D eigenvalue weighted by atomic mass is 16.2. The normalized spacial score (nSPS) is 22.8. The van der Waals surface area contributed by atoms with E-state index in [-0.39, 0.29) is 48.2 Å². The highest BCUT2D eigenvalue weighted by Crippen LogP contribution is 2.31. The van der Waals surface area contributed by atoms with Gasteiger partial charge < -0.3 is 20.9 Å². The fourth-order valence-electron chi connectivity index (χ4n) is 5.02. The molecule has 1 aromatic carbocycles. The Kier molecular flexibility index (Phi) is 8.23. The largest absolute Gasteiger partial charge is 0.352 e. The number of hydrogen-bond donors (Lipinski definition) is 3. The first-order chi connectivity index (χ1) is 16.4. The molecule has 1 fully saturated rings. The first-order valence-corrected chi connectivity index (χ1v) is 12.6. The van der Waals surface area contributed by atoms with E-state index in [0.717, 1.165) is 24.8 Å². The molecule has 35 heavy (non-hydrogen) atoms. The standard InChI is InChI=1S/C27H40N4O4/c1-16(2)24(33)30-23(27(4,5)6)26(35)31-15-19(28-17(3)32)14-22(31)25(34)29-21-13-9-11-18-10-7-8-12-20(18)21/h7-8,10,12,16,19,21-23H,9,11,13-15H2,1-6H3,(H,28,32)(H,29,34)(H,30,33)/t19-,21+,22?,23+/m0/s1. The molecule has 0 aromatic heterocycles. The van der Waals surface area contributed by atoms with Crippen LogP contribution in [0, 0.1) is 11.3 Å². The van der Waals surface area contributed by atoms with Crippen molar-refractivity contribution in [2.24, 2.45) is 11.3 Å². The van der Waals surface area contributed by atoms with E-state index in [9.17, 15) is 19.2 Å². The lowest BCUT2D eigenvalue weighted by molar-refractivity contribution is -0.144. The number of rotatable bonds is 6. The molecule has 0 radical (unpaired) electrons. The second kappa shape index (κ2) is 10.8. The summed E-state index contributed by atoms with van der Waals surface area (Å²) in [6.07, 6.45) is 3.15. The van der Waals surface area contributed by atoms with Crippen molar-refractivity contribution in [3.05, 3.63) is 35.4 Å². The van der Waals surface area contributed by atoms with Gasteiger partial charge in [0.2, 0.25) is 23.6 Å². The molecule has 1 heterocycles. The average molecular weight is 485 g/mol. The smallest absolute Gasteiger partial charge is 0.246 e. The summed E-state index contributed by atoms with van der Waals surface area (Å²) in [5, 5.41) is 8.94. The predicted molar refractivity (Wildman–Crippen MR) is 134 cm³/mol. The van der Waals surface area contributed by atoms with E-state index in [1.807, 2.05) is 39.0 Å². The molecular weight excluding hydrogens is 444 g/mol. The van der Waals surface area contributed by atoms with Crippen LogP contribution in [0.2, 0.25) is 0 Å². The summed E-state index contributed by atoms with van der Waals surface area (Å²) >= 11 is 0. The number of hydrogen-bond acceptors (Lipinski definition) is 4. The summed E-state index contributed by atoms with van der Waals surface area (Å²) in [5.74, 6) is -1.22. The van der Waals surface area contributed by atoms with Gasteiger partial charge in [0, 0.05) is 25.4 Å². The predicted octanol–water partition coefficient (Wildman–Crippen LogP) is 2.47. The maximum absolute atomic E-state index is 13.8. The lowest BCUT2D eigenvalue weighted by Crippen LogP contribution is -2.58. The molecule has 4 amide bonds. The van der Waals surface area contributed by atoms with Crippen LogP contribution in [0.1, 0.15) is 78.0 Å².